The third-order valence-corrected chi connectivity index (χ3v) is 3.63. The van der Waals surface area contributed by atoms with Crippen LogP contribution in [0.5, 0.6) is 0 Å². The van der Waals surface area contributed by atoms with Crippen molar-refractivity contribution < 1.29 is 29.0 Å². The minimum Gasteiger partial charge on any atom is -0.479 e. The van der Waals surface area contributed by atoms with E-state index in [0.29, 0.717) is 0 Å². The molecule has 0 spiro atoms. The van der Waals surface area contributed by atoms with E-state index >= 15 is 0 Å². The van der Waals surface area contributed by atoms with E-state index in [2.05, 4.69) is 5.32 Å². The van der Waals surface area contributed by atoms with Crippen molar-refractivity contribution in [3.8, 4) is 0 Å². The van der Waals surface area contributed by atoms with E-state index in [-0.39, 0.29) is 19.6 Å². The highest BCUT2D eigenvalue weighted by Gasteiger charge is 2.39. The van der Waals surface area contributed by atoms with Crippen LogP contribution in [0, 0.1) is 0 Å². The first-order valence-corrected chi connectivity index (χ1v) is 8.33. The zero-order valence-electron chi connectivity index (χ0n) is 15.1. The lowest BCUT2D eigenvalue weighted by Crippen LogP contribution is -2.57. The largest absolute Gasteiger partial charge is 0.479 e. The van der Waals surface area contributed by atoms with Crippen molar-refractivity contribution in [3.63, 3.8) is 0 Å². The number of hydrogen-bond donors (Lipinski definition) is 2. The number of benzene rings is 1. The topological polar surface area (TPSA) is 105 Å². The van der Waals surface area contributed by atoms with Crippen LogP contribution in [0.15, 0.2) is 30.3 Å². The Labute approximate surface area is 152 Å². The van der Waals surface area contributed by atoms with Crippen molar-refractivity contribution in [2.45, 2.75) is 45.1 Å². The Bertz CT molecular complexity index is 655. The molecule has 2 N–H and O–H groups in total. The summed E-state index contributed by atoms with van der Waals surface area (Å²) in [4.78, 5) is 37.2. The van der Waals surface area contributed by atoms with Crippen molar-refractivity contribution >= 4 is 18.0 Å². The van der Waals surface area contributed by atoms with Crippen LogP contribution in [-0.2, 0) is 25.6 Å². The highest BCUT2D eigenvalue weighted by atomic mass is 16.6. The van der Waals surface area contributed by atoms with Gasteiger partial charge in [0, 0.05) is 6.54 Å². The summed E-state index contributed by atoms with van der Waals surface area (Å²) in [6.45, 7) is 5.17. The van der Waals surface area contributed by atoms with Gasteiger partial charge in [0.1, 0.15) is 5.60 Å². The van der Waals surface area contributed by atoms with Crippen LogP contribution in [-0.4, -0.2) is 58.9 Å². The molecule has 8 nitrogen and oxygen atoms in total. The number of aliphatic carboxylic acids is 1. The SMILES string of the molecule is CC(C)(C)OC(=O)N1C[C@@H](C(=O)NCc2ccccc2)O[C@@H](C(=O)O)C1. The molecule has 1 fully saturated rings. The molecule has 8 heteroatoms. The molecule has 1 saturated heterocycles. The van der Waals surface area contributed by atoms with Crippen LogP contribution >= 0.6 is 0 Å². The standard InChI is InChI=1S/C18H24N2O6/c1-18(2,3)26-17(24)20-10-13(25-14(11-20)16(22)23)15(21)19-9-12-7-5-4-6-8-12/h4-8,13-14H,9-11H2,1-3H3,(H,19,21)(H,22,23)/t13-,14+/m0/s1. The quantitative estimate of drug-likeness (QED) is 0.836. The summed E-state index contributed by atoms with van der Waals surface area (Å²) >= 11 is 0. The maximum Gasteiger partial charge on any atom is 0.410 e. The zero-order valence-corrected chi connectivity index (χ0v) is 15.1. The second-order valence-electron chi connectivity index (χ2n) is 7.04. The van der Waals surface area contributed by atoms with Gasteiger partial charge in [-0.2, -0.15) is 0 Å². The Morgan fingerprint density at radius 3 is 2.38 bits per heavy atom. The van der Waals surface area contributed by atoms with Crippen LogP contribution < -0.4 is 5.32 Å². The summed E-state index contributed by atoms with van der Waals surface area (Å²) in [5.41, 5.74) is 0.176. The number of rotatable bonds is 4. The van der Waals surface area contributed by atoms with E-state index in [4.69, 9.17) is 9.47 Å². The minimum absolute atomic E-state index is 0.0701. The van der Waals surface area contributed by atoms with Crippen LogP contribution in [0.4, 0.5) is 4.79 Å². The predicted molar refractivity (Wildman–Crippen MR) is 92.4 cm³/mol. The fourth-order valence-electron chi connectivity index (χ4n) is 2.41. The van der Waals surface area contributed by atoms with Gasteiger partial charge in [-0.3, -0.25) is 4.79 Å². The molecule has 0 radical (unpaired) electrons. The van der Waals surface area contributed by atoms with Crippen LogP contribution in [0.25, 0.3) is 0 Å². The van der Waals surface area contributed by atoms with Gasteiger partial charge in [-0.15, -0.1) is 0 Å². The van der Waals surface area contributed by atoms with E-state index in [9.17, 15) is 19.5 Å². The van der Waals surface area contributed by atoms with Crippen molar-refractivity contribution in [2.24, 2.45) is 0 Å². The zero-order chi connectivity index (χ0) is 19.3. The van der Waals surface area contributed by atoms with Gasteiger partial charge in [0.15, 0.2) is 12.2 Å². The molecule has 0 unspecified atom stereocenters. The first-order valence-electron chi connectivity index (χ1n) is 8.33. The van der Waals surface area contributed by atoms with E-state index in [1.807, 2.05) is 30.3 Å². The maximum absolute atomic E-state index is 12.4. The molecule has 1 aliphatic heterocycles. The van der Waals surface area contributed by atoms with Crippen molar-refractivity contribution in [1.29, 1.82) is 0 Å². The van der Waals surface area contributed by atoms with Gasteiger partial charge < -0.3 is 24.8 Å². The van der Waals surface area contributed by atoms with Gasteiger partial charge in [-0.05, 0) is 26.3 Å². The lowest BCUT2D eigenvalue weighted by Gasteiger charge is -2.36. The lowest BCUT2D eigenvalue weighted by molar-refractivity contribution is -0.167. The van der Waals surface area contributed by atoms with Gasteiger partial charge in [-0.1, -0.05) is 30.3 Å². The summed E-state index contributed by atoms with van der Waals surface area (Å²) < 4.78 is 10.6. The Morgan fingerprint density at radius 1 is 1.19 bits per heavy atom. The Hall–Kier alpha value is -2.61. The molecule has 0 bridgehead atoms. The number of hydrogen-bond acceptors (Lipinski definition) is 5. The number of morpholine rings is 1. The Morgan fingerprint density at radius 2 is 1.81 bits per heavy atom. The Balaban J connectivity index is 2.02. The average molecular weight is 364 g/mol. The van der Waals surface area contributed by atoms with Crippen LogP contribution in [0.1, 0.15) is 26.3 Å². The third-order valence-electron chi connectivity index (χ3n) is 3.63. The van der Waals surface area contributed by atoms with Gasteiger partial charge in [-0.25, -0.2) is 9.59 Å². The number of carbonyl (C=O) groups is 3. The lowest BCUT2D eigenvalue weighted by atomic mass is 10.2. The molecule has 1 aliphatic rings. The third kappa shape index (κ3) is 5.73. The molecule has 2 rings (SSSR count). The molecule has 142 valence electrons. The molecule has 26 heavy (non-hydrogen) atoms. The van der Waals surface area contributed by atoms with Crippen molar-refractivity contribution in [3.05, 3.63) is 35.9 Å². The fraction of sp³-hybridized carbons (Fsp3) is 0.500. The second kappa shape index (κ2) is 8.18. The summed E-state index contributed by atoms with van der Waals surface area (Å²) in [6.07, 6.45) is -3.04. The molecule has 1 aromatic carbocycles. The minimum atomic E-state index is -1.29. The second-order valence-corrected chi connectivity index (χ2v) is 7.04. The molecule has 0 saturated carbocycles. The number of ether oxygens (including phenoxy) is 2. The van der Waals surface area contributed by atoms with E-state index in [0.717, 1.165) is 5.56 Å². The number of nitrogens with zero attached hydrogens (tertiary/aromatic N) is 1. The van der Waals surface area contributed by atoms with Gasteiger partial charge >= 0.3 is 12.1 Å². The smallest absolute Gasteiger partial charge is 0.410 e. The van der Waals surface area contributed by atoms with Gasteiger partial charge in [0.05, 0.1) is 13.1 Å². The average Bonchev–Trinajstić information content (AvgIpc) is 2.58. The van der Waals surface area contributed by atoms with Crippen molar-refractivity contribution in [2.75, 3.05) is 13.1 Å². The summed E-state index contributed by atoms with van der Waals surface area (Å²) in [5, 5.41) is 11.9. The Kier molecular flexibility index (Phi) is 6.20. The van der Waals surface area contributed by atoms with Crippen LogP contribution in [0.3, 0.4) is 0 Å². The predicted octanol–water partition coefficient (Wildman–Crippen LogP) is 1.39. The first kappa shape index (κ1) is 19.7. The monoisotopic (exact) mass is 364 g/mol. The van der Waals surface area contributed by atoms with Crippen molar-refractivity contribution in [1.82, 2.24) is 10.2 Å². The molecule has 1 heterocycles. The van der Waals surface area contributed by atoms with E-state index < -0.39 is 35.8 Å². The molecule has 0 aliphatic carbocycles. The molecule has 1 aromatic rings. The van der Waals surface area contributed by atoms with E-state index in [1.54, 1.807) is 20.8 Å². The number of carbonyl (C=O) groups excluding carboxylic acids is 2. The molecule has 0 aromatic heterocycles. The normalized spacial score (nSPS) is 20.3. The molecular weight excluding hydrogens is 340 g/mol. The summed E-state index contributed by atoms with van der Waals surface area (Å²) in [5.74, 6) is -1.72. The van der Waals surface area contributed by atoms with Gasteiger partial charge in [0.25, 0.3) is 5.91 Å². The number of amides is 2. The molecule has 2 amide bonds. The molecule has 2 atom stereocenters. The number of carboxylic acids is 1. The number of nitrogens with one attached hydrogen (secondary N) is 1. The highest BCUT2D eigenvalue weighted by molar-refractivity contribution is 5.83. The highest BCUT2D eigenvalue weighted by Crippen LogP contribution is 2.17. The summed E-state index contributed by atoms with van der Waals surface area (Å²) in [7, 11) is 0. The number of carboxylic acid groups (broad SMARTS) is 1. The summed E-state index contributed by atoms with van der Waals surface area (Å²) in [6, 6.07) is 9.28. The molecular formula is C18H24N2O6. The van der Waals surface area contributed by atoms with E-state index in [1.165, 1.54) is 4.90 Å². The van der Waals surface area contributed by atoms with Crippen LogP contribution in [0.2, 0.25) is 0 Å². The first-order chi connectivity index (χ1) is 12.2. The van der Waals surface area contributed by atoms with Gasteiger partial charge in [0.2, 0.25) is 0 Å². The maximum atomic E-state index is 12.4. The fourth-order valence-corrected chi connectivity index (χ4v) is 2.41.